The van der Waals surface area contributed by atoms with Crippen LogP contribution in [0.4, 0.5) is 0 Å². The number of nitrogens with one attached hydrogen (secondary N) is 1. The van der Waals surface area contributed by atoms with Crippen LogP contribution in [0.5, 0.6) is 0 Å². The lowest BCUT2D eigenvalue weighted by Gasteiger charge is -2.24. The van der Waals surface area contributed by atoms with E-state index in [0.29, 0.717) is 16.9 Å². The van der Waals surface area contributed by atoms with E-state index in [1.54, 1.807) is 10.4 Å². The van der Waals surface area contributed by atoms with Crippen LogP contribution in [0.15, 0.2) is 9.85 Å². The van der Waals surface area contributed by atoms with Crippen LogP contribution >= 0.6 is 27.3 Å². The fraction of sp³-hybridized carbons (Fsp3) is 0.750. The molecule has 19 heavy (non-hydrogen) atoms. The summed E-state index contributed by atoms with van der Waals surface area (Å²) in [6.07, 6.45) is 3.89. The molecule has 1 aromatic heterocycles. The topological polar surface area (TPSA) is 12.0 Å². The summed E-state index contributed by atoms with van der Waals surface area (Å²) in [5.41, 5.74) is 2.54. The van der Waals surface area contributed by atoms with Gasteiger partial charge < -0.3 is 5.32 Å². The van der Waals surface area contributed by atoms with Crippen LogP contribution in [0.1, 0.15) is 57.0 Å². The number of hydrogen-bond acceptors (Lipinski definition) is 2. The van der Waals surface area contributed by atoms with Crippen LogP contribution < -0.4 is 5.32 Å². The molecule has 0 saturated heterocycles. The Morgan fingerprint density at radius 1 is 1.32 bits per heavy atom. The van der Waals surface area contributed by atoms with Crippen molar-refractivity contribution in [3.8, 4) is 0 Å². The van der Waals surface area contributed by atoms with Gasteiger partial charge in [-0.15, -0.1) is 11.3 Å². The van der Waals surface area contributed by atoms with Gasteiger partial charge in [-0.05, 0) is 70.1 Å². The fourth-order valence-electron chi connectivity index (χ4n) is 3.84. The molecule has 3 rings (SSSR count). The Bertz CT molecular complexity index is 475. The highest BCUT2D eigenvalue weighted by atomic mass is 79.9. The second kappa shape index (κ2) is 4.57. The lowest BCUT2D eigenvalue weighted by Crippen LogP contribution is -2.27. The molecule has 0 bridgehead atoms. The van der Waals surface area contributed by atoms with Gasteiger partial charge in [0, 0.05) is 10.9 Å². The third-order valence-corrected chi connectivity index (χ3v) is 7.69. The second-order valence-electron chi connectivity index (χ2n) is 7.28. The smallest absolute Gasteiger partial charge is 0.0704 e. The number of fused-ring (bicyclic) bond motifs is 1. The molecule has 2 aliphatic rings. The summed E-state index contributed by atoms with van der Waals surface area (Å²) >= 11 is 5.56. The maximum atomic E-state index is 3.85. The molecule has 1 aromatic rings. The van der Waals surface area contributed by atoms with Crippen molar-refractivity contribution < 1.29 is 0 Å². The van der Waals surface area contributed by atoms with Crippen molar-refractivity contribution in [1.29, 1.82) is 0 Å². The van der Waals surface area contributed by atoms with Crippen molar-refractivity contribution in [2.24, 2.45) is 16.7 Å². The highest BCUT2D eigenvalue weighted by Gasteiger charge is 2.63. The molecular formula is C16H24BrNS. The SMILES string of the molecule is CC1(C)C(CNC2CCCc3sc(Br)cc32)C1(C)C. The first-order chi connectivity index (χ1) is 8.84. The van der Waals surface area contributed by atoms with Gasteiger partial charge in [0.25, 0.3) is 0 Å². The molecule has 3 heteroatoms. The Balaban J connectivity index is 1.66. The molecular weight excluding hydrogens is 318 g/mol. The summed E-state index contributed by atoms with van der Waals surface area (Å²) < 4.78 is 1.29. The molecule has 0 spiro atoms. The molecule has 1 nitrogen and oxygen atoms in total. The molecule has 1 saturated carbocycles. The predicted octanol–water partition coefficient (Wildman–Crippen LogP) is 5.16. The average molecular weight is 342 g/mol. The highest BCUT2D eigenvalue weighted by Crippen LogP contribution is 2.68. The molecule has 1 heterocycles. The van der Waals surface area contributed by atoms with Crippen molar-refractivity contribution in [2.75, 3.05) is 6.54 Å². The molecule has 0 aromatic carbocycles. The van der Waals surface area contributed by atoms with Gasteiger partial charge in [0.2, 0.25) is 0 Å². The van der Waals surface area contributed by atoms with E-state index in [0.717, 1.165) is 12.5 Å². The van der Waals surface area contributed by atoms with E-state index in [1.165, 1.54) is 23.0 Å². The van der Waals surface area contributed by atoms with Gasteiger partial charge in [-0.1, -0.05) is 27.7 Å². The monoisotopic (exact) mass is 341 g/mol. The summed E-state index contributed by atoms with van der Waals surface area (Å²) in [6, 6.07) is 2.92. The van der Waals surface area contributed by atoms with Crippen LogP contribution in [0.25, 0.3) is 0 Å². The van der Waals surface area contributed by atoms with Gasteiger partial charge >= 0.3 is 0 Å². The van der Waals surface area contributed by atoms with Crippen molar-refractivity contribution in [1.82, 2.24) is 5.32 Å². The Kier molecular flexibility index (Phi) is 3.39. The van der Waals surface area contributed by atoms with Crippen molar-refractivity contribution in [3.05, 3.63) is 20.3 Å². The van der Waals surface area contributed by atoms with Crippen molar-refractivity contribution in [2.45, 2.75) is 53.0 Å². The minimum atomic E-state index is 0.493. The van der Waals surface area contributed by atoms with Gasteiger partial charge in [-0.2, -0.15) is 0 Å². The van der Waals surface area contributed by atoms with Crippen molar-refractivity contribution >= 4 is 27.3 Å². The lowest BCUT2D eigenvalue weighted by molar-refractivity contribution is 0.428. The number of hydrogen-bond donors (Lipinski definition) is 1. The number of halogens is 1. The largest absolute Gasteiger partial charge is 0.310 e. The first kappa shape index (κ1) is 14.1. The minimum absolute atomic E-state index is 0.493. The van der Waals surface area contributed by atoms with E-state index < -0.39 is 0 Å². The van der Waals surface area contributed by atoms with Crippen LogP contribution in [-0.2, 0) is 6.42 Å². The first-order valence-corrected chi connectivity index (χ1v) is 8.96. The van der Waals surface area contributed by atoms with E-state index in [1.807, 2.05) is 11.3 Å². The molecule has 1 atom stereocenters. The quantitative estimate of drug-likeness (QED) is 0.800. The van der Waals surface area contributed by atoms with E-state index in [2.05, 4.69) is 55.0 Å². The van der Waals surface area contributed by atoms with Crippen LogP contribution in [-0.4, -0.2) is 6.54 Å². The third-order valence-electron chi connectivity index (χ3n) is 5.97. The predicted molar refractivity (Wildman–Crippen MR) is 86.8 cm³/mol. The van der Waals surface area contributed by atoms with Crippen LogP contribution in [0.2, 0.25) is 0 Å². The maximum absolute atomic E-state index is 3.85. The van der Waals surface area contributed by atoms with Gasteiger partial charge in [-0.25, -0.2) is 0 Å². The van der Waals surface area contributed by atoms with Gasteiger partial charge in [0.15, 0.2) is 0 Å². The Hall–Kier alpha value is 0.140. The lowest BCUT2D eigenvalue weighted by atomic mass is 9.94. The molecule has 0 amide bonds. The summed E-state index contributed by atoms with van der Waals surface area (Å²) in [4.78, 5) is 1.59. The summed E-state index contributed by atoms with van der Waals surface area (Å²) in [7, 11) is 0. The Labute approximate surface area is 129 Å². The summed E-state index contributed by atoms with van der Waals surface area (Å²) in [6.45, 7) is 10.8. The zero-order valence-corrected chi connectivity index (χ0v) is 14.7. The number of rotatable bonds is 3. The molecule has 106 valence electrons. The Morgan fingerprint density at radius 2 is 2.00 bits per heavy atom. The average Bonchev–Trinajstić information content (AvgIpc) is 2.62. The van der Waals surface area contributed by atoms with E-state index in [-0.39, 0.29) is 0 Å². The molecule has 0 radical (unpaired) electrons. The Morgan fingerprint density at radius 3 is 2.63 bits per heavy atom. The van der Waals surface area contributed by atoms with E-state index in [4.69, 9.17) is 0 Å². The van der Waals surface area contributed by atoms with Crippen LogP contribution in [0.3, 0.4) is 0 Å². The molecule has 1 N–H and O–H groups in total. The van der Waals surface area contributed by atoms with Crippen LogP contribution in [0, 0.1) is 16.7 Å². The van der Waals surface area contributed by atoms with Gasteiger partial charge in [0.05, 0.1) is 3.79 Å². The van der Waals surface area contributed by atoms with Gasteiger partial charge in [-0.3, -0.25) is 0 Å². The molecule has 2 aliphatic carbocycles. The second-order valence-corrected chi connectivity index (χ2v) is 9.79. The van der Waals surface area contributed by atoms with Crippen molar-refractivity contribution in [3.63, 3.8) is 0 Å². The first-order valence-electron chi connectivity index (χ1n) is 7.35. The normalized spacial score (nSPS) is 28.2. The number of thiophene rings is 1. The zero-order valence-electron chi connectivity index (χ0n) is 12.3. The molecule has 0 aliphatic heterocycles. The van der Waals surface area contributed by atoms with E-state index >= 15 is 0 Å². The summed E-state index contributed by atoms with van der Waals surface area (Å²) in [5.74, 6) is 0.812. The maximum Gasteiger partial charge on any atom is 0.0704 e. The standard InChI is InChI=1S/C16H24BrNS/c1-15(2)13(16(15,3)4)9-18-11-6-5-7-12-10(11)8-14(17)19-12/h8,11,13,18H,5-7,9H2,1-4H3. The highest BCUT2D eigenvalue weighted by molar-refractivity contribution is 9.11. The zero-order chi connectivity index (χ0) is 13.8. The van der Waals surface area contributed by atoms with Gasteiger partial charge in [0.1, 0.15) is 0 Å². The molecule has 1 fully saturated rings. The number of aryl methyl sites for hydroxylation is 1. The third kappa shape index (κ3) is 2.22. The summed E-state index contributed by atoms with van der Waals surface area (Å²) in [5, 5.41) is 3.85. The molecule has 1 unspecified atom stereocenters. The van der Waals surface area contributed by atoms with E-state index in [9.17, 15) is 0 Å². The minimum Gasteiger partial charge on any atom is -0.310 e. The fourth-order valence-corrected chi connectivity index (χ4v) is 5.66.